The van der Waals surface area contributed by atoms with Gasteiger partial charge in [-0.3, -0.25) is 4.57 Å². The minimum Gasteiger partial charge on any atom is -0.292 e. The van der Waals surface area contributed by atoms with Crippen LogP contribution in [0.2, 0.25) is 5.02 Å². The van der Waals surface area contributed by atoms with Crippen LogP contribution < -0.4 is 0 Å². The Morgan fingerprint density at radius 2 is 1.81 bits per heavy atom. The molecule has 0 bridgehead atoms. The van der Waals surface area contributed by atoms with Gasteiger partial charge in [-0.2, -0.15) is 0 Å². The second kappa shape index (κ2) is 5.24. The van der Waals surface area contributed by atoms with E-state index in [0.717, 1.165) is 12.1 Å². The highest BCUT2D eigenvalue weighted by Crippen LogP contribution is 2.28. The molecule has 21 heavy (non-hydrogen) atoms. The lowest BCUT2D eigenvalue weighted by Crippen LogP contribution is -2.05. The molecule has 0 N–H and O–H groups in total. The molecule has 0 fully saturated rings. The van der Waals surface area contributed by atoms with Crippen LogP contribution in [-0.2, 0) is 5.88 Å². The highest BCUT2D eigenvalue weighted by Gasteiger charge is 2.19. The Morgan fingerprint density at radius 3 is 2.52 bits per heavy atom. The molecule has 3 rings (SSSR count). The first-order valence-corrected chi connectivity index (χ1v) is 6.81. The highest BCUT2D eigenvalue weighted by atomic mass is 35.5. The molecular formula is C14H7Cl2F3N2. The molecule has 0 unspecified atom stereocenters. The standard InChI is InChI=1S/C14H7Cl2F3N2/c15-6-12-20-9-5-7(16)1-3-10(9)21(12)11-4-2-8(17)13(18)14(11)19/h1-5H,6H2. The summed E-state index contributed by atoms with van der Waals surface area (Å²) in [4.78, 5) is 4.23. The molecule has 0 aliphatic rings. The van der Waals surface area contributed by atoms with Gasteiger partial charge in [0.2, 0.25) is 0 Å². The van der Waals surface area contributed by atoms with Crippen molar-refractivity contribution in [2.45, 2.75) is 5.88 Å². The normalized spacial score (nSPS) is 11.3. The molecule has 0 amide bonds. The van der Waals surface area contributed by atoms with E-state index in [9.17, 15) is 13.2 Å². The van der Waals surface area contributed by atoms with Gasteiger partial charge in [0.1, 0.15) is 5.82 Å². The number of fused-ring (bicyclic) bond motifs is 1. The summed E-state index contributed by atoms with van der Waals surface area (Å²) in [5.74, 6) is -3.81. The molecule has 3 aromatic rings. The van der Waals surface area contributed by atoms with Gasteiger partial charge >= 0.3 is 0 Å². The first-order chi connectivity index (χ1) is 10.0. The Morgan fingerprint density at radius 1 is 1.05 bits per heavy atom. The number of alkyl halides is 1. The molecule has 0 aliphatic carbocycles. The van der Waals surface area contributed by atoms with Crippen LogP contribution in [0.15, 0.2) is 30.3 Å². The summed E-state index contributed by atoms with van der Waals surface area (Å²) in [6, 6.07) is 6.79. The zero-order valence-corrected chi connectivity index (χ0v) is 11.9. The molecule has 0 saturated carbocycles. The zero-order chi connectivity index (χ0) is 15.1. The molecule has 108 valence electrons. The highest BCUT2D eigenvalue weighted by molar-refractivity contribution is 6.31. The van der Waals surface area contributed by atoms with Gasteiger partial charge in [-0.05, 0) is 30.3 Å². The fourth-order valence-electron chi connectivity index (χ4n) is 2.15. The maximum absolute atomic E-state index is 14.0. The number of rotatable bonds is 2. The van der Waals surface area contributed by atoms with Crippen LogP contribution in [0.4, 0.5) is 13.2 Å². The van der Waals surface area contributed by atoms with Crippen molar-refractivity contribution in [3.8, 4) is 5.69 Å². The van der Waals surface area contributed by atoms with Crippen LogP contribution in [-0.4, -0.2) is 9.55 Å². The van der Waals surface area contributed by atoms with Crippen molar-refractivity contribution in [3.05, 3.63) is 58.6 Å². The number of aromatic nitrogens is 2. The van der Waals surface area contributed by atoms with Crippen LogP contribution in [0, 0.1) is 17.5 Å². The van der Waals surface area contributed by atoms with E-state index in [1.165, 1.54) is 4.57 Å². The summed E-state index contributed by atoms with van der Waals surface area (Å²) >= 11 is 11.7. The van der Waals surface area contributed by atoms with Crippen LogP contribution in [0.1, 0.15) is 5.82 Å². The Hall–Kier alpha value is -1.72. The van der Waals surface area contributed by atoms with Gasteiger partial charge in [-0.15, -0.1) is 11.6 Å². The quantitative estimate of drug-likeness (QED) is 0.486. The Balaban J connectivity index is 2.36. The molecule has 0 atom stereocenters. The maximum Gasteiger partial charge on any atom is 0.196 e. The van der Waals surface area contributed by atoms with Gasteiger partial charge < -0.3 is 0 Å². The summed E-state index contributed by atoms with van der Waals surface area (Å²) in [5, 5.41) is 0.457. The van der Waals surface area contributed by atoms with E-state index in [4.69, 9.17) is 23.2 Å². The third-order valence-electron chi connectivity index (χ3n) is 3.06. The molecule has 1 aromatic heterocycles. The molecule has 0 spiro atoms. The van der Waals surface area contributed by atoms with Gasteiger partial charge in [0.25, 0.3) is 0 Å². The lowest BCUT2D eigenvalue weighted by Gasteiger charge is -2.09. The average Bonchev–Trinajstić information content (AvgIpc) is 2.82. The lowest BCUT2D eigenvalue weighted by molar-refractivity contribution is 0.444. The minimum absolute atomic E-state index is 0.0231. The third kappa shape index (κ3) is 2.26. The maximum atomic E-state index is 14.0. The Labute approximate surface area is 127 Å². The topological polar surface area (TPSA) is 17.8 Å². The van der Waals surface area contributed by atoms with Crippen molar-refractivity contribution in [3.63, 3.8) is 0 Å². The van der Waals surface area contributed by atoms with Crippen molar-refractivity contribution in [1.82, 2.24) is 9.55 Å². The van der Waals surface area contributed by atoms with E-state index < -0.39 is 17.5 Å². The van der Waals surface area contributed by atoms with Gasteiger partial charge in [0, 0.05) is 5.02 Å². The molecule has 0 saturated heterocycles. The van der Waals surface area contributed by atoms with E-state index in [0.29, 0.717) is 21.9 Å². The van der Waals surface area contributed by atoms with Crippen molar-refractivity contribution < 1.29 is 13.2 Å². The Bertz CT molecular complexity index is 846. The predicted octanol–water partition coefficient (Wildman–Crippen LogP) is 4.84. The van der Waals surface area contributed by atoms with Crippen molar-refractivity contribution in [2.75, 3.05) is 0 Å². The number of hydrogen-bond acceptors (Lipinski definition) is 1. The lowest BCUT2D eigenvalue weighted by atomic mass is 10.2. The van der Waals surface area contributed by atoms with Gasteiger partial charge in [-0.1, -0.05) is 11.6 Å². The summed E-state index contributed by atoms with van der Waals surface area (Å²) in [6.45, 7) is 0. The first-order valence-electron chi connectivity index (χ1n) is 5.89. The van der Waals surface area contributed by atoms with E-state index in [1.54, 1.807) is 18.2 Å². The van der Waals surface area contributed by atoms with Gasteiger partial charge in [0.05, 0.1) is 22.6 Å². The fraction of sp³-hybridized carbons (Fsp3) is 0.0714. The molecular weight excluding hydrogens is 324 g/mol. The van der Waals surface area contributed by atoms with Crippen LogP contribution in [0.25, 0.3) is 16.7 Å². The van der Waals surface area contributed by atoms with Crippen LogP contribution >= 0.6 is 23.2 Å². The number of imidazole rings is 1. The van der Waals surface area contributed by atoms with Crippen LogP contribution in [0.5, 0.6) is 0 Å². The summed E-state index contributed by atoms with van der Waals surface area (Å²) in [6.07, 6.45) is 0. The second-order valence-electron chi connectivity index (χ2n) is 4.32. The number of benzene rings is 2. The van der Waals surface area contributed by atoms with E-state index in [1.807, 2.05) is 0 Å². The van der Waals surface area contributed by atoms with Crippen molar-refractivity contribution >= 4 is 34.2 Å². The molecule has 1 heterocycles. The van der Waals surface area contributed by atoms with Crippen molar-refractivity contribution in [2.24, 2.45) is 0 Å². The average molecular weight is 331 g/mol. The smallest absolute Gasteiger partial charge is 0.196 e. The molecule has 0 aliphatic heterocycles. The molecule has 0 radical (unpaired) electrons. The summed E-state index contributed by atoms with van der Waals surface area (Å²) < 4.78 is 41.9. The molecule has 7 heteroatoms. The van der Waals surface area contributed by atoms with E-state index >= 15 is 0 Å². The largest absolute Gasteiger partial charge is 0.292 e. The fourth-order valence-corrected chi connectivity index (χ4v) is 2.50. The number of nitrogens with zero attached hydrogens (tertiary/aromatic N) is 2. The van der Waals surface area contributed by atoms with E-state index in [2.05, 4.69) is 4.98 Å². The SMILES string of the molecule is Fc1ccc(-n2c(CCl)nc3cc(Cl)ccc32)c(F)c1F. The second-order valence-corrected chi connectivity index (χ2v) is 5.03. The van der Waals surface area contributed by atoms with Gasteiger partial charge in [0.15, 0.2) is 17.5 Å². The monoisotopic (exact) mass is 330 g/mol. The van der Waals surface area contributed by atoms with Crippen molar-refractivity contribution in [1.29, 1.82) is 0 Å². The number of hydrogen-bond donors (Lipinski definition) is 0. The summed E-state index contributed by atoms with van der Waals surface area (Å²) in [5.41, 5.74) is 0.830. The molecule has 2 nitrogen and oxygen atoms in total. The summed E-state index contributed by atoms with van der Waals surface area (Å²) in [7, 11) is 0. The van der Waals surface area contributed by atoms with Gasteiger partial charge in [-0.25, -0.2) is 18.2 Å². The first kappa shape index (κ1) is 14.2. The minimum atomic E-state index is -1.54. The zero-order valence-electron chi connectivity index (χ0n) is 10.4. The van der Waals surface area contributed by atoms with Crippen LogP contribution in [0.3, 0.4) is 0 Å². The third-order valence-corrected chi connectivity index (χ3v) is 3.54. The molecule has 2 aromatic carbocycles. The Kier molecular flexibility index (Phi) is 3.55. The number of halogens is 5. The predicted molar refractivity (Wildman–Crippen MR) is 75.5 cm³/mol. The van der Waals surface area contributed by atoms with E-state index in [-0.39, 0.29) is 11.6 Å².